The number of alkyl carbamates (subject to hydrolysis) is 1. The largest absolute Gasteiger partial charge is 0.480 e. The Morgan fingerprint density at radius 3 is 2.21 bits per heavy atom. The molecule has 10 heteroatoms. The number of carbonyl (C=O) groups is 3. The van der Waals surface area contributed by atoms with E-state index in [0.29, 0.717) is 5.56 Å². The van der Waals surface area contributed by atoms with E-state index >= 15 is 0 Å². The Morgan fingerprint density at radius 2 is 1.71 bits per heavy atom. The molecule has 0 aliphatic rings. The van der Waals surface area contributed by atoms with Crippen molar-refractivity contribution in [1.82, 2.24) is 10.6 Å². The summed E-state index contributed by atoms with van der Waals surface area (Å²) in [7, 11) is 0. The number of ether oxygens (including phenoxy) is 1. The van der Waals surface area contributed by atoms with Crippen LogP contribution in [0, 0.1) is 0 Å². The fourth-order valence-corrected chi connectivity index (χ4v) is 2.23. The van der Waals surface area contributed by atoms with Gasteiger partial charge in [0.25, 0.3) is 5.91 Å². The molecular weight excluding hydrogens is 378 g/mol. The Hall–Kier alpha value is -2.75. The van der Waals surface area contributed by atoms with E-state index in [9.17, 15) is 28.3 Å². The molecule has 0 radical (unpaired) electrons. The molecule has 28 heavy (non-hydrogen) atoms. The van der Waals surface area contributed by atoms with Crippen molar-refractivity contribution in [2.75, 3.05) is 6.54 Å². The van der Waals surface area contributed by atoms with Gasteiger partial charge in [-0.2, -0.15) is 8.78 Å². The summed E-state index contributed by atoms with van der Waals surface area (Å²) in [5.74, 6) is -7.85. The SMILES string of the molecule is CC(C)(C)OC(=O)N[C@@H](Cc1ccccc1)[C@@H](O)C(F)(F)C(=O)NCC(=O)O. The van der Waals surface area contributed by atoms with Gasteiger partial charge in [0.15, 0.2) is 0 Å². The molecule has 0 aliphatic heterocycles. The second-order valence-corrected chi connectivity index (χ2v) is 7.09. The number of hydrogen-bond acceptors (Lipinski definition) is 5. The summed E-state index contributed by atoms with van der Waals surface area (Å²) >= 11 is 0. The van der Waals surface area contributed by atoms with Crippen molar-refractivity contribution in [3.8, 4) is 0 Å². The number of alkyl halides is 2. The van der Waals surface area contributed by atoms with Crippen molar-refractivity contribution in [1.29, 1.82) is 0 Å². The lowest BCUT2D eigenvalue weighted by atomic mass is 9.96. The van der Waals surface area contributed by atoms with Crippen LogP contribution in [0.4, 0.5) is 13.6 Å². The highest BCUT2D eigenvalue weighted by molar-refractivity contribution is 5.87. The number of carboxylic acids is 1. The van der Waals surface area contributed by atoms with E-state index in [2.05, 4.69) is 5.32 Å². The van der Waals surface area contributed by atoms with E-state index in [1.165, 1.54) is 5.32 Å². The lowest BCUT2D eigenvalue weighted by Gasteiger charge is -2.30. The zero-order valence-electron chi connectivity index (χ0n) is 15.7. The molecule has 1 rings (SSSR count). The van der Waals surface area contributed by atoms with Crippen LogP contribution in [0.2, 0.25) is 0 Å². The number of rotatable bonds is 8. The minimum atomic E-state index is -4.36. The Bertz CT molecular complexity index is 691. The summed E-state index contributed by atoms with van der Waals surface area (Å²) in [6.45, 7) is 3.68. The summed E-state index contributed by atoms with van der Waals surface area (Å²) in [6.07, 6.45) is -3.90. The molecule has 0 saturated heterocycles. The standard InChI is InChI=1S/C18H24F2N2O6/c1-17(2,3)28-16(27)22-12(9-11-7-5-4-6-8-11)14(25)18(19,20)15(26)21-10-13(23)24/h4-8,12,14,25H,9-10H2,1-3H3,(H,21,26)(H,22,27)(H,23,24)/t12-,14+/m0/s1. The van der Waals surface area contributed by atoms with Crippen LogP contribution in [-0.4, -0.2) is 58.4 Å². The van der Waals surface area contributed by atoms with Gasteiger partial charge in [0.2, 0.25) is 0 Å². The number of aliphatic hydroxyl groups excluding tert-OH is 1. The predicted octanol–water partition coefficient (Wildman–Crippen LogP) is 1.32. The van der Waals surface area contributed by atoms with Gasteiger partial charge in [-0.1, -0.05) is 30.3 Å². The van der Waals surface area contributed by atoms with Crippen LogP contribution >= 0.6 is 0 Å². The van der Waals surface area contributed by atoms with Crippen molar-refractivity contribution in [2.45, 2.75) is 50.9 Å². The average molecular weight is 402 g/mol. The van der Waals surface area contributed by atoms with E-state index in [1.54, 1.807) is 51.1 Å². The first kappa shape index (κ1) is 23.3. The minimum Gasteiger partial charge on any atom is -0.480 e. The van der Waals surface area contributed by atoms with E-state index in [0.717, 1.165) is 0 Å². The van der Waals surface area contributed by atoms with Gasteiger partial charge in [0.1, 0.15) is 18.2 Å². The maximum atomic E-state index is 14.4. The van der Waals surface area contributed by atoms with Crippen LogP contribution < -0.4 is 10.6 Å². The van der Waals surface area contributed by atoms with Crippen molar-refractivity contribution in [3.63, 3.8) is 0 Å². The number of benzene rings is 1. The van der Waals surface area contributed by atoms with Crippen LogP contribution in [0.1, 0.15) is 26.3 Å². The number of carbonyl (C=O) groups excluding carboxylic acids is 2. The fourth-order valence-electron chi connectivity index (χ4n) is 2.23. The highest BCUT2D eigenvalue weighted by atomic mass is 19.3. The molecule has 2 amide bonds. The van der Waals surface area contributed by atoms with Crippen molar-refractivity contribution < 1.29 is 38.1 Å². The zero-order valence-corrected chi connectivity index (χ0v) is 15.7. The molecule has 0 aliphatic carbocycles. The number of halogens is 2. The third-order valence-corrected chi connectivity index (χ3v) is 3.46. The van der Waals surface area contributed by atoms with Crippen LogP contribution in [-0.2, 0) is 20.7 Å². The number of aliphatic hydroxyl groups is 1. The van der Waals surface area contributed by atoms with Crippen LogP contribution in [0.5, 0.6) is 0 Å². The monoisotopic (exact) mass is 402 g/mol. The van der Waals surface area contributed by atoms with E-state index < -0.39 is 48.2 Å². The Balaban J connectivity index is 3.02. The third-order valence-electron chi connectivity index (χ3n) is 3.46. The smallest absolute Gasteiger partial charge is 0.407 e. The van der Waals surface area contributed by atoms with E-state index in [4.69, 9.17) is 9.84 Å². The van der Waals surface area contributed by atoms with Gasteiger partial charge in [-0.25, -0.2) is 4.79 Å². The maximum Gasteiger partial charge on any atom is 0.407 e. The summed E-state index contributed by atoms with van der Waals surface area (Å²) < 4.78 is 33.7. The molecule has 2 atom stereocenters. The topological polar surface area (TPSA) is 125 Å². The number of hydrogen-bond donors (Lipinski definition) is 4. The second kappa shape index (κ2) is 9.45. The molecule has 8 nitrogen and oxygen atoms in total. The molecule has 0 saturated carbocycles. The number of carboxylic acid groups (broad SMARTS) is 1. The molecule has 0 unspecified atom stereocenters. The Kier molecular flexibility index (Phi) is 7.86. The summed E-state index contributed by atoms with van der Waals surface area (Å²) in [5, 5.41) is 22.3. The second-order valence-electron chi connectivity index (χ2n) is 7.09. The molecule has 0 spiro atoms. The highest BCUT2D eigenvalue weighted by Gasteiger charge is 2.50. The van der Waals surface area contributed by atoms with Gasteiger partial charge in [-0.15, -0.1) is 0 Å². The third kappa shape index (κ3) is 7.47. The van der Waals surface area contributed by atoms with E-state index in [-0.39, 0.29) is 6.42 Å². The summed E-state index contributed by atoms with van der Waals surface area (Å²) in [6, 6.07) is 6.60. The molecule has 156 valence electrons. The van der Waals surface area contributed by atoms with Gasteiger partial charge >= 0.3 is 18.0 Å². The molecule has 1 aromatic rings. The lowest BCUT2D eigenvalue weighted by molar-refractivity contribution is -0.167. The molecule has 0 fully saturated rings. The molecule has 0 bridgehead atoms. The minimum absolute atomic E-state index is 0.219. The molecule has 4 N–H and O–H groups in total. The van der Waals surface area contributed by atoms with E-state index in [1.807, 2.05) is 0 Å². The molecule has 0 heterocycles. The normalized spacial score (nSPS) is 13.9. The molecule has 1 aromatic carbocycles. The van der Waals surface area contributed by atoms with Gasteiger partial charge in [0, 0.05) is 0 Å². The number of nitrogens with one attached hydrogen (secondary N) is 2. The Morgan fingerprint density at radius 1 is 1.14 bits per heavy atom. The van der Waals surface area contributed by atoms with Crippen LogP contribution in [0.3, 0.4) is 0 Å². The fraction of sp³-hybridized carbons (Fsp3) is 0.500. The van der Waals surface area contributed by atoms with Crippen molar-refractivity contribution in [2.24, 2.45) is 0 Å². The van der Waals surface area contributed by atoms with Gasteiger partial charge in [-0.05, 0) is 32.8 Å². The quantitative estimate of drug-likeness (QED) is 0.520. The first-order valence-electron chi connectivity index (χ1n) is 8.42. The number of aliphatic carboxylic acids is 1. The molecular formula is C18H24F2N2O6. The van der Waals surface area contributed by atoms with Gasteiger partial charge in [-0.3, -0.25) is 9.59 Å². The zero-order chi connectivity index (χ0) is 21.5. The number of amides is 2. The summed E-state index contributed by atoms with van der Waals surface area (Å²) in [5.41, 5.74) is -0.391. The van der Waals surface area contributed by atoms with Crippen LogP contribution in [0.15, 0.2) is 30.3 Å². The highest BCUT2D eigenvalue weighted by Crippen LogP contribution is 2.24. The van der Waals surface area contributed by atoms with Gasteiger partial charge < -0.3 is 25.6 Å². The van der Waals surface area contributed by atoms with Crippen molar-refractivity contribution >= 4 is 18.0 Å². The Labute approximate surface area is 160 Å². The van der Waals surface area contributed by atoms with Crippen molar-refractivity contribution in [3.05, 3.63) is 35.9 Å². The van der Waals surface area contributed by atoms with Gasteiger partial charge in [0.05, 0.1) is 6.04 Å². The molecule has 0 aromatic heterocycles. The first-order valence-corrected chi connectivity index (χ1v) is 8.42. The maximum absolute atomic E-state index is 14.4. The first-order chi connectivity index (χ1) is 12.8. The van der Waals surface area contributed by atoms with Crippen LogP contribution in [0.25, 0.3) is 0 Å². The predicted molar refractivity (Wildman–Crippen MR) is 94.9 cm³/mol. The average Bonchev–Trinajstić information content (AvgIpc) is 2.57. The lowest BCUT2D eigenvalue weighted by Crippen LogP contribution is -2.58. The summed E-state index contributed by atoms with van der Waals surface area (Å²) in [4.78, 5) is 34.1.